The molecular formula is C16H23ClF2N4O. The molecule has 1 aliphatic rings. The van der Waals surface area contributed by atoms with Gasteiger partial charge in [0.25, 0.3) is 0 Å². The monoisotopic (exact) mass is 360 g/mol. The number of aliphatic imine (C=N–C) groups is 1. The van der Waals surface area contributed by atoms with Gasteiger partial charge in [-0.1, -0.05) is 11.6 Å². The predicted octanol–water partition coefficient (Wildman–Crippen LogP) is 2.56. The van der Waals surface area contributed by atoms with Crippen molar-refractivity contribution < 1.29 is 13.5 Å². The maximum absolute atomic E-state index is 12.5. The van der Waals surface area contributed by atoms with Crippen molar-refractivity contribution in [1.82, 2.24) is 15.5 Å². The first-order valence-corrected chi connectivity index (χ1v) is 8.22. The normalized spacial score (nSPS) is 18.9. The minimum atomic E-state index is -2.87. The van der Waals surface area contributed by atoms with Crippen LogP contribution in [-0.2, 0) is 6.54 Å². The quantitative estimate of drug-likeness (QED) is 0.604. The molecule has 5 nitrogen and oxygen atoms in total. The number of alkyl halides is 2. The van der Waals surface area contributed by atoms with E-state index in [2.05, 4.69) is 32.3 Å². The lowest BCUT2D eigenvalue weighted by Crippen LogP contribution is -2.39. The van der Waals surface area contributed by atoms with Crippen LogP contribution in [-0.4, -0.2) is 51.2 Å². The highest BCUT2D eigenvalue weighted by molar-refractivity contribution is 6.30. The van der Waals surface area contributed by atoms with Crippen molar-refractivity contribution in [3.63, 3.8) is 0 Å². The number of halogens is 3. The van der Waals surface area contributed by atoms with Crippen LogP contribution >= 0.6 is 11.6 Å². The lowest BCUT2D eigenvalue weighted by molar-refractivity contribution is -0.0504. The molecule has 1 aromatic rings. The van der Waals surface area contributed by atoms with Crippen LogP contribution in [0, 0.1) is 5.92 Å². The summed E-state index contributed by atoms with van der Waals surface area (Å²) in [6.45, 7) is 0.397. The van der Waals surface area contributed by atoms with E-state index in [-0.39, 0.29) is 12.3 Å². The van der Waals surface area contributed by atoms with Crippen molar-refractivity contribution in [3.8, 4) is 5.75 Å². The number of benzene rings is 1. The van der Waals surface area contributed by atoms with Gasteiger partial charge in [-0.15, -0.1) is 0 Å². The number of guanidine groups is 1. The second-order valence-corrected chi connectivity index (χ2v) is 6.29. The zero-order valence-corrected chi connectivity index (χ0v) is 14.6. The maximum atomic E-state index is 12.5. The molecule has 8 heteroatoms. The predicted molar refractivity (Wildman–Crippen MR) is 91.9 cm³/mol. The van der Waals surface area contributed by atoms with Gasteiger partial charge in [0.1, 0.15) is 5.75 Å². The fraction of sp³-hybridized carbons (Fsp3) is 0.562. The average Bonchev–Trinajstić information content (AvgIpc) is 2.95. The summed E-state index contributed by atoms with van der Waals surface area (Å²) in [4.78, 5) is 6.45. The van der Waals surface area contributed by atoms with Crippen LogP contribution in [0.25, 0.3) is 0 Å². The van der Waals surface area contributed by atoms with E-state index in [0.717, 1.165) is 26.1 Å². The molecule has 0 bridgehead atoms. The lowest BCUT2D eigenvalue weighted by Gasteiger charge is -2.17. The number of nitrogens with zero attached hydrogens (tertiary/aromatic N) is 2. The maximum Gasteiger partial charge on any atom is 0.387 e. The molecule has 1 atom stereocenters. The lowest BCUT2D eigenvalue weighted by atomic mass is 10.1. The van der Waals surface area contributed by atoms with Gasteiger partial charge in [-0.05, 0) is 44.1 Å². The molecule has 2 N–H and O–H groups in total. The molecular weight excluding hydrogens is 338 g/mol. The Morgan fingerprint density at radius 2 is 2.25 bits per heavy atom. The molecule has 0 saturated carbocycles. The van der Waals surface area contributed by atoms with Crippen molar-refractivity contribution in [3.05, 3.63) is 28.8 Å². The molecule has 0 radical (unpaired) electrons. The van der Waals surface area contributed by atoms with Crippen LogP contribution in [0.15, 0.2) is 23.2 Å². The SMILES string of the molecule is CN=C(NCc1cc(Cl)ccc1OC(F)F)NCC1CCN(C)C1. The Bertz CT molecular complexity index is 571. The number of nitrogens with one attached hydrogen (secondary N) is 2. The molecule has 1 fully saturated rings. The molecule has 24 heavy (non-hydrogen) atoms. The van der Waals surface area contributed by atoms with Crippen molar-refractivity contribution in [2.45, 2.75) is 19.6 Å². The Balaban J connectivity index is 1.89. The molecule has 2 rings (SSSR count). The van der Waals surface area contributed by atoms with Gasteiger partial charge in [0.2, 0.25) is 0 Å². The van der Waals surface area contributed by atoms with Gasteiger partial charge in [-0.3, -0.25) is 4.99 Å². The number of ether oxygens (including phenoxy) is 1. The van der Waals surface area contributed by atoms with E-state index in [1.165, 1.54) is 12.1 Å². The smallest absolute Gasteiger partial charge is 0.387 e. The van der Waals surface area contributed by atoms with Crippen molar-refractivity contribution in [2.75, 3.05) is 33.7 Å². The molecule has 1 aromatic carbocycles. The zero-order valence-electron chi connectivity index (χ0n) is 13.9. The van der Waals surface area contributed by atoms with E-state index < -0.39 is 6.61 Å². The highest BCUT2D eigenvalue weighted by Gasteiger charge is 2.19. The Kier molecular flexibility index (Phi) is 7.05. The third-order valence-corrected chi connectivity index (χ3v) is 4.19. The van der Waals surface area contributed by atoms with Crippen LogP contribution in [0.2, 0.25) is 5.02 Å². The third kappa shape index (κ3) is 5.79. The second kappa shape index (κ2) is 9.03. The Morgan fingerprint density at radius 1 is 1.46 bits per heavy atom. The summed E-state index contributed by atoms with van der Waals surface area (Å²) in [7, 11) is 3.78. The van der Waals surface area contributed by atoms with Crippen molar-refractivity contribution in [2.24, 2.45) is 10.9 Å². The highest BCUT2D eigenvalue weighted by Crippen LogP contribution is 2.24. The molecule has 0 amide bonds. The fourth-order valence-corrected chi connectivity index (χ4v) is 2.93. The summed E-state index contributed by atoms with van der Waals surface area (Å²) in [5, 5.41) is 6.83. The van der Waals surface area contributed by atoms with Gasteiger partial charge < -0.3 is 20.3 Å². The number of likely N-dealkylation sites (tertiary alicyclic amines) is 1. The Morgan fingerprint density at radius 3 is 2.88 bits per heavy atom. The fourth-order valence-electron chi connectivity index (χ4n) is 2.73. The standard InChI is InChI=1S/C16H23ClF2N4O/c1-20-16(21-8-11-5-6-23(2)10-11)22-9-12-7-13(17)3-4-14(12)24-15(18)19/h3-4,7,11,15H,5-6,8-10H2,1-2H3,(H2,20,21,22). The Hall–Kier alpha value is -1.60. The van der Waals surface area contributed by atoms with Gasteiger partial charge in [0.05, 0.1) is 0 Å². The minimum Gasteiger partial charge on any atom is -0.434 e. The zero-order chi connectivity index (χ0) is 17.5. The molecule has 0 aliphatic carbocycles. The van der Waals surface area contributed by atoms with Crippen molar-refractivity contribution >= 4 is 17.6 Å². The van der Waals surface area contributed by atoms with E-state index in [0.29, 0.717) is 22.5 Å². The number of hydrogen-bond donors (Lipinski definition) is 2. The van der Waals surface area contributed by atoms with E-state index in [1.807, 2.05) is 0 Å². The number of rotatable bonds is 6. The molecule has 0 aromatic heterocycles. The van der Waals surface area contributed by atoms with Gasteiger partial charge >= 0.3 is 6.61 Å². The van der Waals surface area contributed by atoms with Crippen molar-refractivity contribution in [1.29, 1.82) is 0 Å². The topological polar surface area (TPSA) is 48.9 Å². The molecule has 1 aliphatic heterocycles. The second-order valence-electron chi connectivity index (χ2n) is 5.85. The summed E-state index contributed by atoms with van der Waals surface area (Å²) in [5.41, 5.74) is 0.548. The summed E-state index contributed by atoms with van der Waals surface area (Å²) >= 11 is 5.94. The summed E-state index contributed by atoms with van der Waals surface area (Å²) in [6.07, 6.45) is 1.15. The van der Waals surface area contributed by atoms with E-state index in [9.17, 15) is 8.78 Å². The molecule has 0 spiro atoms. The Labute approximate surface area is 146 Å². The van der Waals surface area contributed by atoms with Crippen LogP contribution < -0.4 is 15.4 Å². The first-order chi connectivity index (χ1) is 11.5. The first kappa shape index (κ1) is 18.7. The van der Waals surface area contributed by atoms with E-state index in [1.54, 1.807) is 13.1 Å². The first-order valence-electron chi connectivity index (χ1n) is 7.84. The summed E-state index contributed by atoms with van der Waals surface area (Å²) in [5.74, 6) is 1.31. The molecule has 134 valence electrons. The van der Waals surface area contributed by atoms with Gasteiger partial charge in [0.15, 0.2) is 5.96 Å². The van der Waals surface area contributed by atoms with Gasteiger partial charge in [-0.2, -0.15) is 8.78 Å². The summed E-state index contributed by atoms with van der Waals surface area (Å²) in [6, 6.07) is 4.56. The summed E-state index contributed by atoms with van der Waals surface area (Å²) < 4.78 is 29.5. The number of hydrogen-bond acceptors (Lipinski definition) is 3. The average molecular weight is 361 g/mol. The van der Waals surface area contributed by atoms with Crippen LogP contribution in [0.1, 0.15) is 12.0 Å². The van der Waals surface area contributed by atoms with E-state index in [4.69, 9.17) is 11.6 Å². The van der Waals surface area contributed by atoms with Crippen LogP contribution in [0.5, 0.6) is 5.75 Å². The minimum absolute atomic E-state index is 0.106. The van der Waals surface area contributed by atoms with Crippen LogP contribution in [0.4, 0.5) is 8.78 Å². The molecule has 1 unspecified atom stereocenters. The highest BCUT2D eigenvalue weighted by atomic mass is 35.5. The molecule has 1 heterocycles. The van der Waals surface area contributed by atoms with Gasteiger partial charge in [0, 0.05) is 37.3 Å². The van der Waals surface area contributed by atoms with Gasteiger partial charge in [-0.25, -0.2) is 0 Å². The largest absolute Gasteiger partial charge is 0.434 e. The van der Waals surface area contributed by atoms with E-state index >= 15 is 0 Å². The molecule has 1 saturated heterocycles. The third-order valence-electron chi connectivity index (χ3n) is 3.96. The van der Waals surface area contributed by atoms with Crippen LogP contribution in [0.3, 0.4) is 0 Å².